The van der Waals surface area contributed by atoms with E-state index in [-0.39, 0.29) is 119 Å². The Morgan fingerprint density at radius 2 is 0.955 bits per heavy atom. The van der Waals surface area contributed by atoms with E-state index >= 15 is 0 Å². The third-order valence-corrected chi connectivity index (χ3v) is 19.1. The number of aromatic nitrogens is 12. The minimum Gasteiger partial charge on any atom is -0.480 e. The van der Waals surface area contributed by atoms with Gasteiger partial charge in [0.2, 0.25) is 0 Å². The number of amides is 3. The highest BCUT2D eigenvalue weighted by Crippen LogP contribution is 2.30. The summed E-state index contributed by atoms with van der Waals surface area (Å²) in [6, 6.07) is -2.68. The molecule has 6 aromatic rings. The molecule has 0 bridgehead atoms. The van der Waals surface area contributed by atoms with Gasteiger partial charge in [-0.2, -0.15) is 81.0 Å². The number of carbonyl (C=O) groups is 9. The number of nitrogens with zero attached hydrogens (tertiary/aromatic N) is 10. The summed E-state index contributed by atoms with van der Waals surface area (Å²) in [7, 11) is 4.15. The van der Waals surface area contributed by atoms with Crippen LogP contribution in [0.4, 0.5) is 14.4 Å². The monoisotopic (exact) mass is 1930 g/mol. The average Bonchev–Trinajstić information content (AvgIpc) is 1.62. The summed E-state index contributed by atoms with van der Waals surface area (Å²) >= 11 is 4.22. The Labute approximate surface area is 720 Å². The molecule has 6 aromatic heterocycles. The predicted octanol–water partition coefficient (Wildman–Crippen LogP) is 5.87. The molecule has 46 heteroatoms. The number of esters is 4. The molecule has 0 fully saturated rings. The van der Waals surface area contributed by atoms with Gasteiger partial charge in [0.15, 0.2) is 7.66 Å². The number of aliphatic carboxylic acids is 2. The summed E-state index contributed by atoms with van der Waals surface area (Å²) in [4.78, 5) is 149. The molecule has 11 N–H and O–H groups in total. The maximum atomic E-state index is 12.8. The zero-order valence-electron chi connectivity index (χ0n) is 65.4. The number of carboxylic acids is 2. The number of halogens is 2. The number of aromatic amines is 5. The van der Waals surface area contributed by atoms with Crippen molar-refractivity contribution < 1.29 is 91.3 Å². The molecule has 5 aliphatic heterocycles. The van der Waals surface area contributed by atoms with Crippen LogP contribution >= 0.6 is 126 Å². The molecule has 37 nitrogen and oxygen atoms in total. The Bertz CT molecular complexity index is 3990. The molecular weight excluding hydrogens is 1820 g/mol. The van der Waals surface area contributed by atoms with Crippen LogP contribution in [0, 0.1) is 7.66 Å². The molecule has 0 saturated carbocycles. The second kappa shape index (κ2) is 47.5. The van der Waals surface area contributed by atoms with Crippen molar-refractivity contribution in [2.45, 2.75) is 219 Å². The molecule has 0 unspecified atom stereocenters. The van der Waals surface area contributed by atoms with Gasteiger partial charge in [0.25, 0.3) is 0 Å². The van der Waals surface area contributed by atoms with Gasteiger partial charge in [-0.15, -0.1) is 0 Å². The summed E-state index contributed by atoms with van der Waals surface area (Å²) in [5.74, 6) is -3.46. The van der Waals surface area contributed by atoms with Crippen LogP contribution in [-0.4, -0.2) is 235 Å². The van der Waals surface area contributed by atoms with Crippen molar-refractivity contribution in [1.82, 2.24) is 84.7 Å². The third-order valence-electron chi connectivity index (χ3n) is 16.1. The number of hydrogen-bond donors (Lipinski definition) is 10. The molecule has 632 valence electrons. The van der Waals surface area contributed by atoms with Crippen LogP contribution in [-0.2, 0) is 145 Å². The minimum absolute atomic E-state index is 0. The minimum atomic E-state index is -1.17. The van der Waals surface area contributed by atoms with Gasteiger partial charge in [0.05, 0.1) is 130 Å². The van der Waals surface area contributed by atoms with Crippen LogP contribution in [0.25, 0.3) is 0 Å². The number of ether oxygens (including phenoxy) is 8. The lowest BCUT2D eigenvalue weighted by molar-refractivity contribution is -0.148. The van der Waals surface area contributed by atoms with Crippen molar-refractivity contribution >= 4 is 188 Å². The molecule has 0 radical (unpaired) electrons. The first kappa shape index (κ1) is 106. The topological polar surface area (TPSA) is 489 Å². The summed E-state index contributed by atoms with van der Waals surface area (Å²) in [6.07, 6.45) is 8.52. The Morgan fingerprint density at radius 3 is 1.38 bits per heavy atom. The number of fused-ring (bicyclic) bond motifs is 5. The molecule has 112 heavy (non-hydrogen) atoms. The van der Waals surface area contributed by atoms with Crippen LogP contribution in [0.2, 0.25) is 25.7 Å². The van der Waals surface area contributed by atoms with Gasteiger partial charge in [-0.1, -0.05) is 19.6 Å². The number of carboxylic acid groups (broad SMARTS) is 2. The van der Waals surface area contributed by atoms with Gasteiger partial charge in [-0.05, 0) is 90.9 Å². The van der Waals surface area contributed by atoms with Crippen LogP contribution < -0.4 is 16.4 Å². The summed E-state index contributed by atoms with van der Waals surface area (Å²) in [5.41, 5.74) is 12.8. The van der Waals surface area contributed by atoms with Crippen molar-refractivity contribution in [2.24, 2.45) is 5.73 Å². The van der Waals surface area contributed by atoms with E-state index < -0.39 is 103 Å². The van der Waals surface area contributed by atoms with Crippen LogP contribution in [0.5, 0.6) is 0 Å². The van der Waals surface area contributed by atoms with E-state index in [1.54, 1.807) is 87.5 Å². The molecule has 6 atom stereocenters. The zero-order chi connectivity index (χ0) is 78.8. The third kappa shape index (κ3) is 32.3. The van der Waals surface area contributed by atoms with Gasteiger partial charge >= 0.3 is 54.1 Å². The SMILES string of the molecule is COC(=O)[C@@H]1Cc2nc(I)[nH]c2CN1C(=O)OC(C)(C)C.COC(=O)[C@@H]1Cc2nc(I)n(COCC[Si](C)(C)C)c2CN1C(=O)OC(C)(C)C.COC(=O)[C@@H]1Cc2nc[nH]c2CN1.COC(=O)[C@@H]1Cc2nc[nH]c2CN1C(=O)OC(C)(C)C.N[C@@H](Cc1cnc[nH]1)C(=O)O.O=C(O)[C@@H]1Cc2nc[nH]c2CN1.S.S.S.S.S.S. The van der Waals surface area contributed by atoms with Crippen molar-refractivity contribution in [1.29, 1.82) is 0 Å². The molecule has 0 saturated heterocycles. The molecule has 11 heterocycles. The first-order chi connectivity index (χ1) is 49.6. The number of carbonyl (C=O) groups excluding carboxylic acids is 7. The predicted molar refractivity (Wildman–Crippen MR) is 458 cm³/mol. The molecule has 0 aliphatic carbocycles. The van der Waals surface area contributed by atoms with Crippen molar-refractivity contribution in [3.8, 4) is 0 Å². The Balaban J connectivity index is 0.00000135. The van der Waals surface area contributed by atoms with Crippen LogP contribution in [0.15, 0.2) is 31.5 Å². The first-order valence-corrected chi connectivity index (χ1v) is 39.5. The lowest BCUT2D eigenvalue weighted by Crippen LogP contribution is -2.51. The fourth-order valence-corrected chi connectivity index (χ4v) is 12.8. The molecule has 3 amide bonds. The van der Waals surface area contributed by atoms with Crippen LogP contribution in [0.1, 0.15) is 125 Å². The van der Waals surface area contributed by atoms with Gasteiger partial charge < -0.3 is 78.8 Å². The fourth-order valence-electron chi connectivity index (χ4n) is 10.7. The van der Waals surface area contributed by atoms with Crippen molar-refractivity contribution in [2.75, 3.05) is 35.0 Å². The Hall–Kier alpha value is -6.49. The number of nitrogens with two attached hydrogens (primary N) is 1. The van der Waals surface area contributed by atoms with Gasteiger partial charge in [-0.3, -0.25) is 44.3 Å². The summed E-state index contributed by atoms with van der Waals surface area (Å²) < 4.78 is 44.7. The van der Waals surface area contributed by atoms with Crippen LogP contribution in [0.3, 0.4) is 0 Å². The first-order valence-electron chi connectivity index (χ1n) is 33.7. The van der Waals surface area contributed by atoms with E-state index in [1.807, 2.05) is 4.57 Å². The highest BCUT2D eigenvalue weighted by Gasteiger charge is 2.43. The maximum Gasteiger partial charge on any atom is 0.411 e. The van der Waals surface area contributed by atoms with Gasteiger partial charge in [0, 0.05) is 101 Å². The van der Waals surface area contributed by atoms with E-state index in [9.17, 15) is 43.2 Å². The van der Waals surface area contributed by atoms with E-state index in [2.05, 4.69) is 135 Å². The molecular formula is C66H110I2N18O19S6Si. The molecule has 0 aromatic carbocycles. The number of hydrogen-bond acceptors (Lipinski definition) is 26. The highest BCUT2D eigenvalue weighted by atomic mass is 127. The molecule has 5 aliphatic rings. The number of nitrogens with one attached hydrogen (secondary N) is 7. The highest BCUT2D eigenvalue weighted by molar-refractivity contribution is 14.1. The van der Waals surface area contributed by atoms with Crippen molar-refractivity contribution in [3.63, 3.8) is 0 Å². The molecule has 0 spiro atoms. The number of imidazole rings is 6. The standard InChI is InChI=1S/C19H32IN3O5Si.C13H18IN3O4.C13H19N3O4.C8H11N3O2.C7H9N3O2.C6H9N3O2.6H2S/c1-19(2,3)28-18(25)22-11-15-13(10-14(22)16(24)26-4)21-17(20)23(15)12-27-8-9-29(5,6)7;1-13(2,3)21-12(19)17-6-8-7(15-11(14)16-8)5-9(17)10(18)20-4;1-13(2,3)20-12(18)16-6-9-8(14-7-15-9)5-10(16)11(17)19-4;1-13-8(12)6-2-5-7(3-9-6)11-4-10-5;11-7(12)5-1-4-6(2-8-5)10-3-9-4;7-5(6(10)11)1-4-2-8-3-9-4;;;;;;/h14H,8-12H2,1-7H3;9H,5-6H2,1-4H3,(H,15,16);7,10H,5-6H2,1-4H3,(H,14,15);4,6,9H,2-3H2,1H3,(H,10,11);3,5,8H,1-2H2,(H,9,10)(H,11,12);2-3,5H,1,7H2,(H,8,9)(H,10,11);6*1H2/t14-;9-;10-;6-;2*5-;;;;;;/m000000....../s1. The lowest BCUT2D eigenvalue weighted by Gasteiger charge is -2.35. The maximum absolute atomic E-state index is 12.8. The lowest BCUT2D eigenvalue weighted by atomic mass is 10.0. The molecule has 11 rings (SSSR count). The Morgan fingerprint density at radius 1 is 0.545 bits per heavy atom. The van der Waals surface area contributed by atoms with E-state index in [4.69, 9.17) is 49.1 Å². The van der Waals surface area contributed by atoms with E-state index in [0.717, 1.165) is 76.3 Å². The normalized spacial score (nSPS) is 17.1. The van der Waals surface area contributed by atoms with E-state index in [1.165, 1.54) is 49.5 Å². The smallest absolute Gasteiger partial charge is 0.411 e. The number of H-pyrrole nitrogens is 5. The van der Waals surface area contributed by atoms with Crippen molar-refractivity contribution in [3.05, 3.63) is 102 Å². The summed E-state index contributed by atoms with van der Waals surface area (Å²) in [5, 5.41) is 23.1. The Kier molecular flexibility index (Phi) is 44.8. The fraction of sp³-hybridized carbons (Fsp3) is 0.591. The van der Waals surface area contributed by atoms with Gasteiger partial charge in [-0.25, -0.2) is 58.7 Å². The van der Waals surface area contributed by atoms with E-state index in [0.29, 0.717) is 58.5 Å². The van der Waals surface area contributed by atoms with Gasteiger partial charge in [0.1, 0.15) is 59.8 Å². The average molecular weight is 1930 g/mol. The largest absolute Gasteiger partial charge is 0.480 e. The zero-order valence-corrected chi connectivity index (χ0v) is 76.7. The summed E-state index contributed by atoms with van der Waals surface area (Å²) in [6.45, 7) is 26.0. The second-order valence-electron chi connectivity index (χ2n) is 28.9. The number of methoxy groups -OCH3 is 4. The quantitative estimate of drug-likeness (QED) is 0.0212. The second-order valence-corrected chi connectivity index (χ2v) is 36.5. The number of rotatable bonds is 13.